The highest BCUT2D eigenvalue weighted by Crippen LogP contribution is 2.15. The van der Waals surface area contributed by atoms with E-state index in [9.17, 15) is 9.59 Å². The molecule has 1 aliphatic rings. The van der Waals surface area contributed by atoms with Crippen molar-refractivity contribution in [3.05, 3.63) is 59.9 Å². The average Bonchev–Trinajstić information content (AvgIpc) is 2.74. The van der Waals surface area contributed by atoms with Gasteiger partial charge in [-0.1, -0.05) is 31.5 Å². The van der Waals surface area contributed by atoms with Crippen LogP contribution in [0.25, 0.3) is 0 Å². The molecule has 1 aliphatic heterocycles. The molecule has 1 aromatic heterocycles. The van der Waals surface area contributed by atoms with Crippen molar-refractivity contribution in [2.75, 3.05) is 19.7 Å². The minimum absolute atomic E-state index is 0.000203. The van der Waals surface area contributed by atoms with Crippen molar-refractivity contribution in [3.63, 3.8) is 0 Å². The third-order valence-corrected chi connectivity index (χ3v) is 4.86. The van der Waals surface area contributed by atoms with Gasteiger partial charge in [0, 0.05) is 25.3 Å². The maximum Gasteiger partial charge on any atom is 0.272 e. The third-order valence-electron chi connectivity index (χ3n) is 4.86. The zero-order valence-corrected chi connectivity index (χ0v) is 16.3. The molecule has 6 nitrogen and oxygen atoms in total. The number of hydrogen-bond donors (Lipinski definition) is 1. The summed E-state index contributed by atoms with van der Waals surface area (Å²) in [4.78, 5) is 30.5. The first kappa shape index (κ1) is 19.9. The van der Waals surface area contributed by atoms with Crippen LogP contribution in [0.2, 0.25) is 0 Å². The normalized spacial score (nSPS) is 14.5. The number of amides is 2. The van der Waals surface area contributed by atoms with Crippen LogP contribution in [0.3, 0.4) is 0 Å². The largest absolute Gasteiger partial charge is 0.484 e. The van der Waals surface area contributed by atoms with Crippen LogP contribution in [-0.4, -0.2) is 47.4 Å². The Morgan fingerprint density at radius 2 is 1.89 bits per heavy atom. The van der Waals surface area contributed by atoms with E-state index in [4.69, 9.17) is 4.74 Å². The summed E-state index contributed by atoms with van der Waals surface area (Å²) in [6, 6.07) is 13.3. The van der Waals surface area contributed by atoms with Gasteiger partial charge >= 0.3 is 0 Å². The molecule has 1 saturated heterocycles. The molecular weight excluding hydrogens is 354 g/mol. The van der Waals surface area contributed by atoms with Crippen LogP contribution in [0.5, 0.6) is 5.75 Å². The Bertz CT molecular complexity index is 769. The number of hydrogen-bond acceptors (Lipinski definition) is 4. The molecule has 0 radical (unpaired) electrons. The van der Waals surface area contributed by atoms with Crippen molar-refractivity contribution in [2.24, 2.45) is 0 Å². The lowest BCUT2D eigenvalue weighted by Gasteiger charge is -2.32. The maximum absolute atomic E-state index is 12.4. The fourth-order valence-corrected chi connectivity index (χ4v) is 3.34. The molecule has 0 unspecified atom stereocenters. The number of ether oxygens (including phenoxy) is 1. The lowest BCUT2D eigenvalue weighted by molar-refractivity contribution is -0.124. The summed E-state index contributed by atoms with van der Waals surface area (Å²) in [6.07, 6.45) is 5.24. The number of carbonyl (C=O) groups excluding carboxylic acids is 2. The fraction of sp³-hybridized carbons (Fsp3) is 0.409. The molecule has 3 rings (SSSR count). The van der Waals surface area contributed by atoms with E-state index in [1.165, 1.54) is 5.56 Å². The number of pyridine rings is 1. The minimum Gasteiger partial charge on any atom is -0.484 e. The van der Waals surface area contributed by atoms with Crippen molar-refractivity contribution in [1.82, 2.24) is 15.2 Å². The fourth-order valence-electron chi connectivity index (χ4n) is 3.34. The first-order chi connectivity index (χ1) is 13.7. The zero-order chi connectivity index (χ0) is 19.8. The van der Waals surface area contributed by atoms with Crippen LogP contribution in [0.15, 0.2) is 48.7 Å². The number of aromatic nitrogens is 1. The number of nitrogens with one attached hydrogen (secondary N) is 1. The molecule has 148 valence electrons. The van der Waals surface area contributed by atoms with Crippen LogP contribution in [0, 0.1) is 0 Å². The van der Waals surface area contributed by atoms with E-state index in [0.29, 0.717) is 24.5 Å². The molecule has 6 heteroatoms. The standard InChI is InChI=1S/C22H27N3O3/c1-2-5-17-7-9-19(10-8-17)28-16-21(26)24-18-11-14-25(15-12-18)22(27)20-6-3-4-13-23-20/h3-4,6-10,13,18H,2,5,11-12,14-16H2,1H3,(H,24,26). The number of likely N-dealkylation sites (tertiary alicyclic amines) is 1. The van der Waals surface area contributed by atoms with E-state index >= 15 is 0 Å². The number of benzene rings is 1. The van der Waals surface area contributed by atoms with E-state index in [1.807, 2.05) is 30.3 Å². The second-order valence-electron chi connectivity index (χ2n) is 7.03. The van der Waals surface area contributed by atoms with E-state index in [1.54, 1.807) is 23.2 Å². The van der Waals surface area contributed by atoms with E-state index in [-0.39, 0.29) is 24.5 Å². The van der Waals surface area contributed by atoms with Gasteiger partial charge < -0.3 is 15.0 Å². The number of rotatable bonds is 7. The molecule has 0 aliphatic carbocycles. The van der Waals surface area contributed by atoms with Crippen molar-refractivity contribution >= 4 is 11.8 Å². The Hall–Kier alpha value is -2.89. The summed E-state index contributed by atoms with van der Waals surface area (Å²) in [7, 11) is 0. The summed E-state index contributed by atoms with van der Waals surface area (Å²) in [5, 5.41) is 3.00. The first-order valence-electron chi connectivity index (χ1n) is 9.87. The quantitative estimate of drug-likeness (QED) is 0.801. The monoisotopic (exact) mass is 381 g/mol. The molecule has 0 spiro atoms. The molecule has 1 aromatic carbocycles. The average molecular weight is 381 g/mol. The summed E-state index contributed by atoms with van der Waals surface area (Å²) in [5.41, 5.74) is 1.73. The number of nitrogens with zero attached hydrogens (tertiary/aromatic N) is 2. The summed E-state index contributed by atoms with van der Waals surface area (Å²) in [6.45, 7) is 3.37. The van der Waals surface area contributed by atoms with Crippen molar-refractivity contribution in [2.45, 2.75) is 38.6 Å². The van der Waals surface area contributed by atoms with Crippen molar-refractivity contribution in [1.29, 1.82) is 0 Å². The topological polar surface area (TPSA) is 71.5 Å². The van der Waals surface area contributed by atoms with Gasteiger partial charge in [0.1, 0.15) is 11.4 Å². The lowest BCUT2D eigenvalue weighted by atomic mass is 10.0. The van der Waals surface area contributed by atoms with Crippen molar-refractivity contribution < 1.29 is 14.3 Å². The predicted octanol–water partition coefficient (Wildman–Crippen LogP) is 2.83. The minimum atomic E-state index is -0.132. The smallest absolute Gasteiger partial charge is 0.272 e. The highest BCUT2D eigenvalue weighted by Gasteiger charge is 2.25. The van der Waals surface area contributed by atoms with Crippen LogP contribution in [-0.2, 0) is 11.2 Å². The van der Waals surface area contributed by atoms with Gasteiger partial charge in [-0.3, -0.25) is 14.6 Å². The van der Waals surface area contributed by atoms with Gasteiger partial charge in [0.25, 0.3) is 11.8 Å². The van der Waals surface area contributed by atoms with Crippen LogP contribution >= 0.6 is 0 Å². The first-order valence-corrected chi connectivity index (χ1v) is 9.87. The Balaban J connectivity index is 1.39. The Morgan fingerprint density at radius 1 is 1.14 bits per heavy atom. The maximum atomic E-state index is 12.4. The Kier molecular flexibility index (Phi) is 7.00. The molecule has 0 bridgehead atoms. The van der Waals surface area contributed by atoms with Gasteiger partial charge in [0.2, 0.25) is 0 Å². The molecule has 28 heavy (non-hydrogen) atoms. The molecule has 0 atom stereocenters. The van der Waals surface area contributed by atoms with Gasteiger partial charge in [-0.25, -0.2) is 0 Å². The predicted molar refractivity (Wildman–Crippen MR) is 107 cm³/mol. The highest BCUT2D eigenvalue weighted by atomic mass is 16.5. The SMILES string of the molecule is CCCc1ccc(OCC(=O)NC2CCN(C(=O)c3ccccn3)CC2)cc1. The Labute approximate surface area is 165 Å². The second-order valence-corrected chi connectivity index (χ2v) is 7.03. The molecule has 1 N–H and O–H groups in total. The molecule has 0 saturated carbocycles. The van der Waals surface area contributed by atoms with Gasteiger partial charge in [-0.05, 0) is 49.1 Å². The zero-order valence-electron chi connectivity index (χ0n) is 16.3. The van der Waals surface area contributed by atoms with Crippen LogP contribution < -0.4 is 10.1 Å². The van der Waals surface area contributed by atoms with Crippen LogP contribution in [0.1, 0.15) is 42.2 Å². The van der Waals surface area contributed by atoms with Gasteiger partial charge in [0.05, 0.1) is 0 Å². The van der Waals surface area contributed by atoms with Crippen LogP contribution in [0.4, 0.5) is 0 Å². The van der Waals surface area contributed by atoms with E-state index in [0.717, 1.165) is 25.7 Å². The van der Waals surface area contributed by atoms with Gasteiger partial charge in [-0.2, -0.15) is 0 Å². The van der Waals surface area contributed by atoms with E-state index < -0.39 is 0 Å². The van der Waals surface area contributed by atoms with Crippen molar-refractivity contribution in [3.8, 4) is 5.75 Å². The molecule has 1 fully saturated rings. The number of aryl methyl sites for hydroxylation is 1. The van der Waals surface area contributed by atoms with E-state index in [2.05, 4.69) is 17.2 Å². The molecule has 2 heterocycles. The summed E-state index contributed by atoms with van der Waals surface area (Å²) >= 11 is 0. The Morgan fingerprint density at radius 3 is 2.54 bits per heavy atom. The highest BCUT2D eigenvalue weighted by molar-refractivity contribution is 5.92. The molecule has 2 amide bonds. The third kappa shape index (κ3) is 5.55. The molecular formula is C22H27N3O3. The van der Waals surface area contributed by atoms with Gasteiger partial charge in [-0.15, -0.1) is 0 Å². The number of carbonyl (C=O) groups is 2. The molecule has 2 aromatic rings. The second kappa shape index (κ2) is 9.88. The van der Waals surface area contributed by atoms with Gasteiger partial charge in [0.15, 0.2) is 6.61 Å². The number of piperidine rings is 1. The summed E-state index contributed by atoms with van der Waals surface area (Å²) in [5.74, 6) is 0.512. The lowest BCUT2D eigenvalue weighted by Crippen LogP contribution is -2.47. The summed E-state index contributed by atoms with van der Waals surface area (Å²) < 4.78 is 5.57.